The zero-order valence-electron chi connectivity index (χ0n) is 74.4. The van der Waals surface area contributed by atoms with Crippen molar-refractivity contribution in [2.45, 2.75) is 310 Å². The third-order valence-electron chi connectivity index (χ3n) is 11.5. The maximum Gasteiger partial charge on any atom is 0.672 e. The van der Waals surface area contributed by atoms with E-state index in [0.717, 1.165) is 72.2 Å². The van der Waals surface area contributed by atoms with Crippen molar-refractivity contribution in [1.82, 2.24) is 0 Å². The average molecular weight is 1500 g/mol. The molecule has 0 N–H and O–H groups in total. The summed E-state index contributed by atoms with van der Waals surface area (Å²) in [7, 11) is 16.3. The standard InChI is InChI=1S/C6H15B.C5H13BO2.2C5H13BO.C5H13B.C4H11BO3.C4H11BO2.C4H11B.2C3H7O.2C3H7.2C2H5O2.3CH3O.9CH3.6Al/c1-4-5-6-7(2)3;1-4-5-8-6(2)7-3;1-4-5-6(2)7-3;1-4-5-7-6(2)3;1-4-5-6(2)3;1-5(7-3)8-4-6-2;1-5(2)7-4-6-3;1-4-5(2)3;2*1-2-3-4;2*1-3-2;2*1-4-2-3;3*1-2;;;;;;;;;;;;;;;/h4-6H2,1-3H3;4-5H2,1-3H3;2*4-5H2,1-3H3;4-5H2,1-3H3;4H2,1-3H3;4H2,1-3H3;4H2,1-3H3;2*2-3H2,1H3;2*1,3H2,2H3;2*2H2,1H3;3*1H3;9*1H3;;;;;;/q;;;;;;;;2*-1;;;5*-1;;;;;;;;;;;3*+1;2*+2. The summed E-state index contributed by atoms with van der Waals surface area (Å²) in [5.74, 6) is 19.6. The molecule has 588 valence electrons. The van der Waals surface area contributed by atoms with Gasteiger partial charge in [-0.3, -0.25) is 0 Å². The van der Waals surface area contributed by atoms with Crippen LogP contribution in [0.3, 0.4) is 0 Å². The summed E-state index contributed by atoms with van der Waals surface area (Å²) in [6, 6.07) is 0. The van der Waals surface area contributed by atoms with Crippen LogP contribution in [-0.2, 0) is 78.0 Å². The number of hydrogen-bond donors (Lipinski definition) is 0. The van der Waals surface area contributed by atoms with Crippen LogP contribution in [0.1, 0.15) is 133 Å². The monoisotopic (exact) mass is 1510 g/mol. The molecule has 0 saturated heterocycles. The van der Waals surface area contributed by atoms with E-state index in [1.165, 1.54) is 74.4 Å². The lowest BCUT2D eigenvalue weighted by atomic mass is 9.51. The Morgan fingerprint density at radius 3 is 0.857 bits per heavy atom. The van der Waals surface area contributed by atoms with Gasteiger partial charge in [-0.05, 0) is 45.6 Å². The second kappa shape index (κ2) is 129. The van der Waals surface area contributed by atoms with Crippen molar-refractivity contribution >= 4 is 142 Å². The molecule has 0 aromatic rings. The summed E-state index contributed by atoms with van der Waals surface area (Å²) in [4.78, 5) is 0. The van der Waals surface area contributed by atoms with E-state index < -0.39 is 73.1 Å². The van der Waals surface area contributed by atoms with Crippen molar-refractivity contribution in [3.63, 3.8) is 0 Å². The van der Waals surface area contributed by atoms with E-state index in [1.807, 2.05) is 39.2 Å². The summed E-state index contributed by atoms with van der Waals surface area (Å²) in [5.41, 5.74) is 0. The first-order valence-corrected chi connectivity index (χ1v) is 53.4. The van der Waals surface area contributed by atoms with Gasteiger partial charge in [0.05, 0.1) is 0 Å². The molecule has 18 nitrogen and oxygen atoms in total. The summed E-state index contributed by atoms with van der Waals surface area (Å²) >= 11 is -4.88. The van der Waals surface area contributed by atoms with E-state index in [2.05, 4.69) is 190 Å². The second-order valence-corrected chi connectivity index (χ2v) is 40.3. The molecule has 0 radical (unpaired) electrons. The molecule has 0 unspecified atom stereocenters. The van der Waals surface area contributed by atoms with Gasteiger partial charge in [-0.25, -0.2) is 0 Å². The van der Waals surface area contributed by atoms with E-state index in [9.17, 15) is 0 Å². The van der Waals surface area contributed by atoms with Crippen LogP contribution in [0.2, 0.25) is 177 Å². The van der Waals surface area contributed by atoms with Crippen molar-refractivity contribution in [3.05, 3.63) is 0 Å². The lowest BCUT2D eigenvalue weighted by molar-refractivity contribution is 0.0336. The van der Waals surface area contributed by atoms with Gasteiger partial charge in [-0.15, -0.1) is 11.6 Å². The Balaban J connectivity index is -0.0000000647. The fourth-order valence-corrected chi connectivity index (χ4v) is 9.59. The molecule has 0 saturated carbocycles. The molecule has 0 rings (SSSR count). The van der Waals surface area contributed by atoms with Crippen molar-refractivity contribution < 1.29 is 78.0 Å². The van der Waals surface area contributed by atoms with E-state index in [0.29, 0.717) is 34.2 Å². The summed E-state index contributed by atoms with van der Waals surface area (Å²) in [5, 5.41) is 2.83. The summed E-state index contributed by atoms with van der Waals surface area (Å²) in [6.07, 6.45) is 17.6. The van der Waals surface area contributed by atoms with Gasteiger partial charge in [-0.1, -0.05) is 253 Å². The van der Waals surface area contributed by atoms with E-state index in [-0.39, 0.29) is 42.1 Å². The predicted molar refractivity (Wildman–Crippen MR) is 459 cm³/mol. The van der Waals surface area contributed by atoms with E-state index in [1.54, 1.807) is 70.8 Å². The minimum Gasteiger partial charge on any atom is -0.503 e. The van der Waals surface area contributed by atoms with Gasteiger partial charge >= 0.3 is 87.3 Å². The van der Waals surface area contributed by atoms with Crippen LogP contribution < -0.4 is 0 Å². The van der Waals surface area contributed by atoms with Crippen molar-refractivity contribution in [2.24, 2.45) is 0 Å². The molecule has 0 fully saturated rings. The third kappa shape index (κ3) is 225. The Morgan fingerprint density at radius 2 is 0.663 bits per heavy atom. The maximum atomic E-state index is 5.33. The molecular formula is C66H174Al6B8O18. The van der Waals surface area contributed by atoms with E-state index >= 15 is 0 Å². The lowest BCUT2D eigenvalue weighted by Gasteiger charge is -2.04. The van der Waals surface area contributed by atoms with Crippen LogP contribution in [0.25, 0.3) is 0 Å². The highest BCUT2D eigenvalue weighted by Gasteiger charge is 2.14. The van der Waals surface area contributed by atoms with E-state index in [4.69, 9.17) is 59.1 Å². The van der Waals surface area contributed by atoms with Crippen LogP contribution in [0.5, 0.6) is 0 Å². The molecule has 0 aromatic heterocycles. The molecule has 0 bridgehead atoms. The SMILES string of the molecule is CCB(C)C.CCCB(C)C.CCCB(C)OC.CCCCB(C)C.CCCOB(C)C.CCCOB(C)OC.CCC[O][Al]([CH3])[CH3].CCC[O][Al]([CH3])[O]C.CC[CH2][Al]([CH3])[CH3].CC[CH2][Al]([CH3])[O]C.COCOB(C)C.COCOB(C)OC.COC[O][Al]([CH3])[CH3].COC[O][Al]([CH3])[O]C. The van der Waals surface area contributed by atoms with Crippen LogP contribution in [-0.4, -0.2) is 267 Å². The fourth-order valence-electron chi connectivity index (χ4n) is 5.10. The number of hydrogen-bond acceptors (Lipinski definition) is 18. The number of methoxy groups -OCH3 is 4. The predicted octanol–water partition coefficient (Wildman–Crippen LogP) is 20.1. The highest BCUT2D eigenvalue weighted by atomic mass is 27.2. The first kappa shape index (κ1) is 133. The molecule has 0 spiro atoms. The first-order chi connectivity index (χ1) is 46.0. The van der Waals surface area contributed by atoms with Gasteiger partial charge in [0, 0.05) is 97.5 Å². The molecule has 0 heterocycles. The molecule has 32 heteroatoms. The minimum absolute atomic E-state index is 0.0463. The van der Waals surface area contributed by atoms with Crippen molar-refractivity contribution in [1.29, 1.82) is 0 Å². The first-order valence-electron chi connectivity index (χ1n) is 38.1. The topological polar surface area (TPSA) is 166 Å². The third-order valence-corrected chi connectivity index (χ3v) is 19.8. The zero-order chi connectivity index (χ0) is 79.8. The molecule has 0 aliphatic rings. The minimum atomic E-state index is -1.32. The molecule has 0 aromatic carbocycles. The number of ether oxygens (including phenoxy) is 4. The average Bonchev–Trinajstić information content (AvgIpc) is 3.66. The Bertz CT molecular complexity index is 1040. The van der Waals surface area contributed by atoms with Crippen LogP contribution in [0.15, 0.2) is 0 Å². The van der Waals surface area contributed by atoms with Crippen LogP contribution in [0.4, 0.5) is 0 Å². The molecular weight excluding hydrogens is 1330 g/mol. The summed E-state index contributed by atoms with van der Waals surface area (Å²) in [6.45, 7) is 57.8. The Morgan fingerprint density at radius 1 is 0.296 bits per heavy atom. The number of unbranched alkanes of at least 4 members (excludes halogenated alkanes) is 1. The van der Waals surface area contributed by atoms with Gasteiger partial charge in [0.1, 0.15) is 47.3 Å². The quantitative estimate of drug-likeness (QED) is 0.0418. The normalized spacial score (nSPS) is 9.00. The largest absolute Gasteiger partial charge is 0.672 e. The number of rotatable bonds is 42. The van der Waals surface area contributed by atoms with Gasteiger partial charge < -0.3 is 78.0 Å². The summed E-state index contributed by atoms with van der Waals surface area (Å²) < 4.78 is 89.0. The lowest BCUT2D eigenvalue weighted by Crippen LogP contribution is -2.17. The smallest absolute Gasteiger partial charge is 0.503 e. The highest BCUT2D eigenvalue weighted by molar-refractivity contribution is 6.56. The molecule has 0 aliphatic heterocycles. The van der Waals surface area contributed by atoms with Gasteiger partial charge in [0.2, 0.25) is 0 Å². The van der Waals surface area contributed by atoms with Gasteiger partial charge in [0.15, 0.2) is 0 Å². The van der Waals surface area contributed by atoms with Crippen LogP contribution in [0, 0.1) is 0 Å². The Labute approximate surface area is 649 Å². The zero-order valence-corrected chi connectivity index (χ0v) is 81.3. The highest BCUT2D eigenvalue weighted by Crippen LogP contribution is 2.00. The Kier molecular flexibility index (Phi) is 176. The van der Waals surface area contributed by atoms with Crippen molar-refractivity contribution in [3.8, 4) is 0 Å². The maximum absolute atomic E-state index is 5.33. The molecule has 0 atom stereocenters. The Hall–Kier alpha value is 2.99. The van der Waals surface area contributed by atoms with Crippen LogP contribution >= 0.6 is 0 Å². The fraction of sp³-hybridized carbons (Fsp3) is 1.00. The molecule has 0 aliphatic carbocycles. The molecule has 98 heavy (non-hydrogen) atoms. The van der Waals surface area contributed by atoms with Crippen molar-refractivity contribution in [2.75, 3.05) is 125 Å². The second-order valence-electron chi connectivity index (χ2n) is 25.6. The molecule has 0 amide bonds. The van der Waals surface area contributed by atoms with Gasteiger partial charge in [-0.2, -0.15) is 0 Å². The van der Waals surface area contributed by atoms with Gasteiger partial charge in [0.25, 0.3) is 34.9 Å².